The van der Waals surface area contributed by atoms with Crippen LogP contribution < -0.4 is 15.1 Å². The molecule has 1 saturated heterocycles. The van der Waals surface area contributed by atoms with Crippen molar-refractivity contribution in [1.82, 2.24) is 9.80 Å². The largest absolute Gasteiger partial charge is 0.485 e. The number of hydrogen-bond acceptors (Lipinski definition) is 6. The highest BCUT2D eigenvalue weighted by molar-refractivity contribution is 5.83. The number of nitrogens with zero attached hydrogens (tertiary/aromatic N) is 2. The van der Waals surface area contributed by atoms with Gasteiger partial charge in [-0.3, -0.25) is 9.69 Å². The van der Waals surface area contributed by atoms with E-state index in [0.29, 0.717) is 42.6 Å². The summed E-state index contributed by atoms with van der Waals surface area (Å²) in [7, 11) is 0. The van der Waals surface area contributed by atoms with Gasteiger partial charge in [0.2, 0.25) is 6.10 Å². The Morgan fingerprint density at radius 3 is 2.53 bits per heavy atom. The lowest BCUT2D eigenvalue weighted by Gasteiger charge is -2.37. The second kappa shape index (κ2) is 9.14. The van der Waals surface area contributed by atoms with E-state index in [-0.39, 0.29) is 18.1 Å². The van der Waals surface area contributed by atoms with Crippen LogP contribution >= 0.6 is 0 Å². The van der Waals surface area contributed by atoms with Crippen LogP contribution in [0.5, 0.6) is 11.5 Å². The van der Waals surface area contributed by atoms with Crippen LogP contribution in [0.1, 0.15) is 36.5 Å². The van der Waals surface area contributed by atoms with Crippen LogP contribution in [0.3, 0.4) is 0 Å². The number of amides is 1. The zero-order valence-corrected chi connectivity index (χ0v) is 19.9. The van der Waals surface area contributed by atoms with Crippen molar-refractivity contribution in [1.29, 1.82) is 0 Å². The molecule has 1 unspecified atom stereocenters. The van der Waals surface area contributed by atoms with Gasteiger partial charge in [-0.1, -0.05) is 26.0 Å². The molecule has 178 valence electrons. The Morgan fingerprint density at radius 2 is 1.79 bits per heavy atom. The summed E-state index contributed by atoms with van der Waals surface area (Å²) in [5, 5.41) is 0.985. The third kappa shape index (κ3) is 4.40. The first-order valence-corrected chi connectivity index (χ1v) is 11.9. The predicted octanol–water partition coefficient (Wildman–Crippen LogP) is 3.71. The topological polar surface area (TPSA) is 72.2 Å². The summed E-state index contributed by atoms with van der Waals surface area (Å²) in [6, 6.07) is 13.1. The smallest absolute Gasteiger partial charge is 0.336 e. The summed E-state index contributed by atoms with van der Waals surface area (Å²) in [5.74, 6) is 1.62. The molecule has 0 saturated carbocycles. The van der Waals surface area contributed by atoms with Crippen molar-refractivity contribution >= 4 is 16.9 Å². The minimum atomic E-state index is -0.623. The number of rotatable bonds is 4. The Kier molecular flexibility index (Phi) is 6.04. The van der Waals surface area contributed by atoms with Crippen LogP contribution in [0.2, 0.25) is 0 Å². The molecule has 3 heterocycles. The lowest BCUT2D eigenvalue weighted by Crippen LogP contribution is -2.53. The molecule has 0 aliphatic carbocycles. The van der Waals surface area contributed by atoms with Crippen molar-refractivity contribution in [3.8, 4) is 11.5 Å². The van der Waals surface area contributed by atoms with Crippen molar-refractivity contribution in [2.45, 2.75) is 39.3 Å². The molecule has 7 nitrogen and oxygen atoms in total. The van der Waals surface area contributed by atoms with Crippen molar-refractivity contribution in [3.05, 3.63) is 69.6 Å². The molecule has 2 aliphatic heterocycles. The fourth-order valence-electron chi connectivity index (χ4n) is 4.86. The molecule has 3 aromatic rings. The van der Waals surface area contributed by atoms with E-state index in [1.54, 1.807) is 6.07 Å². The number of benzene rings is 2. The van der Waals surface area contributed by atoms with Crippen molar-refractivity contribution in [2.75, 3.05) is 32.8 Å². The van der Waals surface area contributed by atoms with Gasteiger partial charge in [0.25, 0.3) is 5.91 Å². The summed E-state index contributed by atoms with van der Waals surface area (Å²) in [6.45, 7) is 9.91. The van der Waals surface area contributed by atoms with Crippen LogP contribution in [0.25, 0.3) is 11.0 Å². The lowest BCUT2D eigenvalue weighted by atomic mass is 9.95. The average molecular weight is 463 g/mol. The average Bonchev–Trinajstić information content (AvgIpc) is 2.83. The van der Waals surface area contributed by atoms with Gasteiger partial charge in [-0.05, 0) is 53.8 Å². The monoisotopic (exact) mass is 462 g/mol. The molecule has 0 bridgehead atoms. The molecule has 0 spiro atoms. The molecule has 1 aromatic heterocycles. The summed E-state index contributed by atoms with van der Waals surface area (Å²) in [4.78, 5) is 29.4. The third-order valence-corrected chi connectivity index (χ3v) is 6.70. The van der Waals surface area contributed by atoms with E-state index in [0.717, 1.165) is 29.6 Å². The Bertz CT molecular complexity index is 1270. The zero-order valence-electron chi connectivity index (χ0n) is 19.9. The molecule has 0 N–H and O–H groups in total. The summed E-state index contributed by atoms with van der Waals surface area (Å²) in [5.41, 5.74) is 3.66. The zero-order chi connectivity index (χ0) is 23.8. The van der Waals surface area contributed by atoms with E-state index in [1.165, 1.54) is 5.56 Å². The first-order valence-electron chi connectivity index (χ1n) is 11.9. The lowest BCUT2D eigenvalue weighted by molar-refractivity contribution is -0.143. The fraction of sp³-hybridized carbons (Fsp3) is 0.407. The van der Waals surface area contributed by atoms with Crippen LogP contribution in [0.15, 0.2) is 51.7 Å². The van der Waals surface area contributed by atoms with Crippen LogP contribution in [0.4, 0.5) is 0 Å². The van der Waals surface area contributed by atoms with Gasteiger partial charge < -0.3 is 18.8 Å². The Labute approximate surface area is 198 Å². The molecule has 2 aromatic carbocycles. The maximum atomic E-state index is 13.0. The number of fused-ring (bicyclic) bond motifs is 2. The summed E-state index contributed by atoms with van der Waals surface area (Å²) in [6.07, 6.45) is -0.623. The van der Waals surface area contributed by atoms with E-state index in [2.05, 4.69) is 31.7 Å². The second-order valence-electron chi connectivity index (χ2n) is 9.42. The van der Waals surface area contributed by atoms with Gasteiger partial charge >= 0.3 is 5.63 Å². The number of ether oxygens (including phenoxy) is 2. The van der Waals surface area contributed by atoms with Gasteiger partial charge in [-0.2, -0.15) is 0 Å². The van der Waals surface area contributed by atoms with Crippen molar-refractivity contribution in [2.24, 2.45) is 0 Å². The molecule has 1 atom stereocenters. The molecule has 34 heavy (non-hydrogen) atoms. The molecule has 5 rings (SSSR count). The van der Waals surface area contributed by atoms with E-state index in [1.807, 2.05) is 35.2 Å². The normalized spacial score (nSPS) is 18.5. The minimum absolute atomic E-state index is 0.0444. The van der Waals surface area contributed by atoms with E-state index in [9.17, 15) is 9.59 Å². The number of carbonyl (C=O) groups is 1. The first-order chi connectivity index (χ1) is 16.4. The standard InChI is InChI=1S/C27H30N2O5/c1-17(2)20-14-21-19(13-26(30)34-24(21)12-18(20)3)15-28-8-10-29(11-9-28)27(31)25-16-32-22-6-4-5-7-23(22)33-25/h4-7,12-14,17,25H,8-11,15-16H2,1-3H3. The first kappa shape index (κ1) is 22.5. The SMILES string of the molecule is Cc1cc2oc(=O)cc(CN3CCN(C(=O)C4COc5ccccc5O4)CC3)c2cc1C(C)C. The molecular formula is C27H30N2O5. The highest BCUT2D eigenvalue weighted by Gasteiger charge is 2.32. The molecule has 2 aliphatic rings. The Balaban J connectivity index is 1.26. The van der Waals surface area contributed by atoms with Gasteiger partial charge in [0.1, 0.15) is 12.2 Å². The van der Waals surface area contributed by atoms with Crippen LogP contribution in [-0.2, 0) is 11.3 Å². The van der Waals surface area contributed by atoms with Crippen molar-refractivity contribution < 1.29 is 18.7 Å². The second-order valence-corrected chi connectivity index (χ2v) is 9.42. The van der Waals surface area contributed by atoms with E-state index >= 15 is 0 Å². The number of hydrogen-bond donors (Lipinski definition) is 0. The minimum Gasteiger partial charge on any atom is -0.485 e. The number of carbonyl (C=O) groups excluding carboxylic acids is 1. The molecule has 1 fully saturated rings. The Hall–Kier alpha value is -3.32. The molecule has 1 amide bonds. The number of piperazine rings is 1. The summed E-state index contributed by atoms with van der Waals surface area (Å²) >= 11 is 0. The number of aryl methyl sites for hydroxylation is 1. The highest BCUT2D eigenvalue weighted by atomic mass is 16.6. The van der Waals surface area contributed by atoms with E-state index < -0.39 is 6.10 Å². The van der Waals surface area contributed by atoms with Gasteiger partial charge in [-0.25, -0.2) is 4.79 Å². The third-order valence-electron chi connectivity index (χ3n) is 6.70. The van der Waals surface area contributed by atoms with Gasteiger partial charge in [0.15, 0.2) is 11.5 Å². The van der Waals surface area contributed by atoms with Gasteiger partial charge in [-0.15, -0.1) is 0 Å². The maximum absolute atomic E-state index is 13.0. The van der Waals surface area contributed by atoms with Gasteiger partial charge in [0, 0.05) is 44.2 Å². The fourth-order valence-corrected chi connectivity index (χ4v) is 4.86. The van der Waals surface area contributed by atoms with E-state index in [4.69, 9.17) is 13.9 Å². The van der Waals surface area contributed by atoms with Gasteiger partial charge in [0.05, 0.1) is 0 Å². The summed E-state index contributed by atoms with van der Waals surface area (Å²) < 4.78 is 17.1. The molecule has 0 radical (unpaired) electrons. The predicted molar refractivity (Wildman–Crippen MR) is 130 cm³/mol. The van der Waals surface area contributed by atoms with Crippen molar-refractivity contribution in [3.63, 3.8) is 0 Å². The Morgan fingerprint density at radius 1 is 1.06 bits per heavy atom. The molecule has 7 heteroatoms. The van der Waals surface area contributed by atoms with Crippen LogP contribution in [0, 0.1) is 6.92 Å². The maximum Gasteiger partial charge on any atom is 0.336 e. The highest BCUT2D eigenvalue weighted by Crippen LogP contribution is 2.31. The molecular weight excluding hydrogens is 432 g/mol. The quantitative estimate of drug-likeness (QED) is 0.551. The number of para-hydroxylation sites is 2. The van der Waals surface area contributed by atoms with Crippen LogP contribution in [-0.4, -0.2) is 54.6 Å².